The number of benzene rings is 1. The van der Waals surface area contributed by atoms with E-state index in [-0.39, 0.29) is 72.7 Å². The van der Waals surface area contributed by atoms with Crippen LogP contribution in [0.25, 0.3) is 10.9 Å². The number of nitrogens with zero attached hydrogens (tertiary/aromatic N) is 6. The van der Waals surface area contributed by atoms with Gasteiger partial charge in [-0.25, -0.2) is 18.2 Å². The van der Waals surface area contributed by atoms with Crippen molar-refractivity contribution in [3.8, 4) is 18.4 Å². The van der Waals surface area contributed by atoms with E-state index in [1.807, 2.05) is 16.8 Å². The number of likely N-dealkylation sites (N-methyl/N-ethyl adjacent to an activating group) is 1. The minimum atomic E-state index is -0.974. The summed E-state index contributed by atoms with van der Waals surface area (Å²) in [7, 11) is 1.81. The van der Waals surface area contributed by atoms with Crippen molar-refractivity contribution in [1.82, 2.24) is 25.2 Å². The average Bonchev–Trinajstić information content (AvgIpc) is 3.20. The number of terminal acetylenes is 1. The Morgan fingerprint density at radius 1 is 1.24 bits per heavy atom. The van der Waals surface area contributed by atoms with Gasteiger partial charge in [-0.1, -0.05) is 18.6 Å². The van der Waals surface area contributed by atoms with Gasteiger partial charge in [-0.2, -0.15) is 9.97 Å². The second-order valence-corrected chi connectivity index (χ2v) is 12.1. The molecule has 242 valence electrons. The van der Waals surface area contributed by atoms with Crippen LogP contribution in [0.2, 0.25) is 0 Å². The van der Waals surface area contributed by atoms with Crippen LogP contribution in [0.3, 0.4) is 0 Å². The smallest absolute Gasteiger partial charge is 0.319 e. The van der Waals surface area contributed by atoms with Gasteiger partial charge in [0.15, 0.2) is 11.6 Å². The third-order valence-electron chi connectivity index (χ3n) is 8.90. The van der Waals surface area contributed by atoms with Crippen LogP contribution in [-0.2, 0) is 11.2 Å². The first-order valence-corrected chi connectivity index (χ1v) is 15.4. The molecule has 3 aromatic rings. The summed E-state index contributed by atoms with van der Waals surface area (Å²) in [4.78, 5) is 30.9. The lowest BCUT2D eigenvalue weighted by atomic mass is 9.95. The lowest BCUT2D eigenvalue weighted by Gasteiger charge is -2.34. The molecule has 6 rings (SSSR count). The number of anilines is 3. The quantitative estimate of drug-likeness (QED) is 0.299. The first-order chi connectivity index (χ1) is 22.2. The van der Waals surface area contributed by atoms with Crippen LogP contribution in [0, 0.1) is 24.0 Å². The van der Waals surface area contributed by atoms with Crippen molar-refractivity contribution in [2.45, 2.75) is 56.5 Å². The number of hydrogen-bond donors (Lipinski definition) is 2. The molecule has 1 unspecified atom stereocenters. The molecule has 2 aromatic heterocycles. The molecule has 0 aliphatic carbocycles. The lowest BCUT2D eigenvalue weighted by Crippen LogP contribution is -2.42. The first kappa shape index (κ1) is 31.6. The van der Waals surface area contributed by atoms with Gasteiger partial charge in [-0.15, -0.1) is 6.42 Å². The number of likely N-dealkylation sites (tertiary alicyclic amines) is 1. The molecule has 5 heterocycles. The lowest BCUT2D eigenvalue weighted by molar-refractivity contribution is -0.117. The molecule has 2 saturated heterocycles. The van der Waals surface area contributed by atoms with Crippen LogP contribution < -0.4 is 19.9 Å². The second-order valence-electron chi connectivity index (χ2n) is 12.1. The van der Waals surface area contributed by atoms with E-state index in [9.17, 15) is 18.7 Å². The highest BCUT2D eigenvalue weighted by molar-refractivity contribution is 5.92. The van der Waals surface area contributed by atoms with Crippen molar-refractivity contribution in [2.75, 3.05) is 49.6 Å². The van der Waals surface area contributed by atoms with Gasteiger partial charge >= 0.3 is 6.01 Å². The summed E-state index contributed by atoms with van der Waals surface area (Å²) < 4.78 is 51.6. The molecule has 3 aliphatic heterocycles. The molecule has 0 bridgehead atoms. The molecule has 3 aliphatic rings. The highest BCUT2D eigenvalue weighted by atomic mass is 19.1. The van der Waals surface area contributed by atoms with Gasteiger partial charge in [0, 0.05) is 44.3 Å². The van der Waals surface area contributed by atoms with Gasteiger partial charge in [-0.05, 0) is 50.4 Å². The van der Waals surface area contributed by atoms with E-state index in [4.69, 9.17) is 11.2 Å². The predicted molar refractivity (Wildman–Crippen MR) is 168 cm³/mol. The molecule has 4 atom stereocenters. The number of halogens is 3. The van der Waals surface area contributed by atoms with E-state index in [0.29, 0.717) is 36.3 Å². The fraction of sp³-hybridized carbons (Fsp3) is 0.455. The van der Waals surface area contributed by atoms with Gasteiger partial charge in [0.25, 0.3) is 0 Å². The number of carbonyl (C=O) groups is 1. The van der Waals surface area contributed by atoms with Crippen LogP contribution in [0.5, 0.6) is 6.01 Å². The highest BCUT2D eigenvalue weighted by Crippen LogP contribution is 2.40. The number of carbonyl (C=O) groups excluding carboxylic acids is 1. The number of pyridine rings is 1. The van der Waals surface area contributed by atoms with Crippen molar-refractivity contribution < 1.29 is 27.8 Å². The summed E-state index contributed by atoms with van der Waals surface area (Å²) in [5, 5.41) is 13.9. The molecule has 2 fully saturated rings. The molecule has 1 aromatic carbocycles. The molecule has 10 nitrogen and oxygen atoms in total. The Kier molecular flexibility index (Phi) is 9.02. The minimum Gasteiger partial charge on any atom is -0.462 e. The Morgan fingerprint density at radius 3 is 2.80 bits per heavy atom. The number of ether oxygens (including phenoxy) is 1. The van der Waals surface area contributed by atoms with E-state index < -0.39 is 23.9 Å². The Labute approximate surface area is 265 Å². The Morgan fingerprint density at radius 2 is 2.07 bits per heavy atom. The molecule has 46 heavy (non-hydrogen) atoms. The van der Waals surface area contributed by atoms with E-state index >= 15 is 4.39 Å². The molecule has 0 radical (unpaired) electrons. The Hall–Kier alpha value is -4.41. The molecule has 13 heteroatoms. The first-order valence-electron chi connectivity index (χ1n) is 15.4. The van der Waals surface area contributed by atoms with Crippen LogP contribution in [-0.4, -0.2) is 95.1 Å². The molecule has 2 N–H and O–H groups in total. The van der Waals surface area contributed by atoms with Crippen LogP contribution in [0.15, 0.2) is 31.0 Å². The van der Waals surface area contributed by atoms with Crippen LogP contribution in [0.4, 0.5) is 30.5 Å². The van der Waals surface area contributed by atoms with Crippen molar-refractivity contribution in [3.05, 3.63) is 53.7 Å². The molecular weight excluding hydrogens is 599 g/mol. The number of β-amino-alcohol motifs (C(OH)–C–C–N with tert-alkyl or cyclic N) is 1. The summed E-state index contributed by atoms with van der Waals surface area (Å²) in [6, 6.07) is 2.23. The number of hydrogen-bond acceptors (Lipinski definition) is 9. The Bertz CT molecular complexity index is 1700. The Balaban J connectivity index is 1.45. The fourth-order valence-corrected chi connectivity index (χ4v) is 6.63. The molecule has 1 amide bonds. The number of aromatic nitrogens is 3. The zero-order chi connectivity index (χ0) is 32.5. The van der Waals surface area contributed by atoms with Crippen molar-refractivity contribution in [1.29, 1.82) is 0 Å². The van der Waals surface area contributed by atoms with Gasteiger partial charge in [0.1, 0.15) is 29.9 Å². The predicted octanol–water partition coefficient (Wildman–Crippen LogP) is 3.42. The topological polar surface area (TPSA) is 107 Å². The normalized spacial score (nSPS) is 23.5. The number of nitrogens with one attached hydrogen (secondary N) is 1. The summed E-state index contributed by atoms with van der Waals surface area (Å²) in [6.07, 6.45) is 9.37. The second kappa shape index (κ2) is 13.1. The van der Waals surface area contributed by atoms with Crippen LogP contribution >= 0.6 is 0 Å². The van der Waals surface area contributed by atoms with Crippen molar-refractivity contribution in [3.63, 3.8) is 0 Å². The standard InChI is InChI=1S/C33H36F3N7O3/c1-4-24-26(35)10-9-19-12-23(44)17-43(30(19)24)32-28(36)29-25(14-37-32)31(42-11-7-6-8-21(16-42)38-27(45)5-2)40-33(39-29)46-18-22-13-20(34)15-41(22)3/h1,5,9-10,14,20-23,44H,2,6-8,11-13,15-18H2,3H3,(H,38,45)/t20-,21?,22+,23-/m1/s1. The third kappa shape index (κ3) is 6.19. The summed E-state index contributed by atoms with van der Waals surface area (Å²) in [6.45, 7) is 4.81. The average molecular weight is 636 g/mol. The van der Waals surface area contributed by atoms with Gasteiger partial charge in [0.2, 0.25) is 5.91 Å². The zero-order valence-electron chi connectivity index (χ0n) is 25.6. The van der Waals surface area contributed by atoms with E-state index in [1.54, 1.807) is 0 Å². The summed E-state index contributed by atoms with van der Waals surface area (Å²) >= 11 is 0. The molecular formula is C33H36F3N7O3. The van der Waals surface area contributed by atoms with Gasteiger partial charge in [0.05, 0.1) is 29.3 Å². The number of fused-ring (bicyclic) bond motifs is 2. The van der Waals surface area contributed by atoms with Crippen molar-refractivity contribution in [2.24, 2.45) is 0 Å². The number of aliphatic hydroxyl groups is 1. The van der Waals surface area contributed by atoms with E-state index in [1.165, 1.54) is 29.3 Å². The maximum atomic E-state index is 16.7. The maximum absolute atomic E-state index is 16.7. The summed E-state index contributed by atoms with van der Waals surface area (Å²) in [5.41, 5.74) is 0.681. The largest absolute Gasteiger partial charge is 0.462 e. The number of amides is 1. The SMILES string of the molecule is C#Cc1c(F)ccc2c1N(c1ncc3c(N4CCCCC(NC(=O)C=C)C4)nc(OC[C@@H]4C[C@@H](F)CN4C)nc3c1F)C[C@H](O)C2. The minimum absolute atomic E-state index is 0.0536. The third-order valence-corrected chi connectivity index (χ3v) is 8.90. The zero-order valence-corrected chi connectivity index (χ0v) is 25.6. The number of alkyl halides is 1. The maximum Gasteiger partial charge on any atom is 0.319 e. The fourth-order valence-electron chi connectivity index (χ4n) is 6.63. The molecule has 0 saturated carbocycles. The highest BCUT2D eigenvalue weighted by Gasteiger charge is 2.33. The van der Waals surface area contributed by atoms with E-state index in [0.717, 1.165) is 19.3 Å². The number of aliphatic hydroxyl groups excluding tert-OH is 1. The van der Waals surface area contributed by atoms with Gasteiger partial charge < -0.3 is 25.0 Å². The number of rotatable bonds is 7. The van der Waals surface area contributed by atoms with Crippen LogP contribution in [0.1, 0.15) is 36.8 Å². The monoisotopic (exact) mass is 635 g/mol. The van der Waals surface area contributed by atoms with Crippen molar-refractivity contribution >= 4 is 34.1 Å². The summed E-state index contributed by atoms with van der Waals surface area (Å²) in [5.74, 6) is 0.787. The molecule has 0 spiro atoms. The van der Waals surface area contributed by atoms with Gasteiger partial charge in [-0.3, -0.25) is 9.69 Å². The van der Waals surface area contributed by atoms with E-state index in [2.05, 4.69) is 32.8 Å².